The maximum absolute atomic E-state index is 12.8. The van der Waals surface area contributed by atoms with Crippen molar-refractivity contribution in [1.29, 1.82) is 0 Å². The van der Waals surface area contributed by atoms with E-state index < -0.39 is 0 Å². The second kappa shape index (κ2) is 5.25. The Morgan fingerprint density at radius 3 is 2.41 bits per heavy atom. The van der Waals surface area contributed by atoms with Gasteiger partial charge in [-0.3, -0.25) is 9.36 Å². The molecule has 0 bridgehead atoms. The second-order valence-electron chi connectivity index (χ2n) is 7.92. The highest BCUT2D eigenvalue weighted by atomic mass is 16.1. The van der Waals surface area contributed by atoms with E-state index in [2.05, 4.69) is 30.7 Å². The molecule has 0 atom stereocenters. The van der Waals surface area contributed by atoms with Crippen molar-refractivity contribution in [2.24, 2.45) is 11.3 Å². The van der Waals surface area contributed by atoms with Crippen LogP contribution in [0.3, 0.4) is 0 Å². The Balaban J connectivity index is 1.93. The van der Waals surface area contributed by atoms with Gasteiger partial charge in [0.15, 0.2) is 0 Å². The molecule has 1 aliphatic carbocycles. The second-order valence-corrected chi connectivity index (χ2v) is 7.92. The third-order valence-corrected chi connectivity index (χ3v) is 5.29. The number of hydrogen-bond acceptors (Lipinski definition) is 2. The molecule has 1 aliphatic rings. The Labute approximate surface area is 132 Å². The summed E-state index contributed by atoms with van der Waals surface area (Å²) in [5.74, 6) is 1.59. The molecule has 0 radical (unpaired) electrons. The quantitative estimate of drug-likeness (QED) is 0.861. The number of fused-ring (bicyclic) bond motifs is 1. The van der Waals surface area contributed by atoms with Crippen LogP contribution in [-0.2, 0) is 0 Å². The van der Waals surface area contributed by atoms with Crippen LogP contribution in [0.2, 0.25) is 0 Å². The zero-order chi connectivity index (χ0) is 16.1. The normalized spacial score (nSPS) is 23.1. The zero-order valence-electron chi connectivity index (χ0n) is 14.4. The molecule has 0 aromatic carbocycles. The Hall–Kier alpha value is -1.58. The number of nitrogens with one attached hydrogen (secondary N) is 1. The van der Waals surface area contributed by atoms with Gasteiger partial charge in [0.05, 0.1) is 5.39 Å². The SMILES string of the molecule is Cc1cc2c(=O)n(C3CCC(C(C)(C)C)CC3)c(C)nc2[nH]1. The van der Waals surface area contributed by atoms with Crippen molar-refractivity contribution in [2.75, 3.05) is 0 Å². The first-order chi connectivity index (χ1) is 10.3. The van der Waals surface area contributed by atoms with E-state index in [4.69, 9.17) is 0 Å². The van der Waals surface area contributed by atoms with Crippen LogP contribution in [0.25, 0.3) is 11.0 Å². The van der Waals surface area contributed by atoms with Crippen LogP contribution in [-0.4, -0.2) is 14.5 Å². The van der Waals surface area contributed by atoms with Crippen LogP contribution in [0, 0.1) is 25.2 Å². The van der Waals surface area contributed by atoms with Gasteiger partial charge in [-0.1, -0.05) is 20.8 Å². The van der Waals surface area contributed by atoms with Crippen molar-refractivity contribution in [2.45, 2.75) is 66.3 Å². The molecule has 22 heavy (non-hydrogen) atoms. The summed E-state index contributed by atoms with van der Waals surface area (Å²) in [5.41, 5.74) is 2.20. The van der Waals surface area contributed by atoms with E-state index >= 15 is 0 Å². The minimum absolute atomic E-state index is 0.117. The largest absolute Gasteiger partial charge is 0.343 e. The summed E-state index contributed by atoms with van der Waals surface area (Å²) >= 11 is 0. The first kappa shape index (κ1) is 15.3. The van der Waals surface area contributed by atoms with E-state index in [0.717, 1.165) is 41.3 Å². The lowest BCUT2D eigenvalue weighted by atomic mass is 9.71. The van der Waals surface area contributed by atoms with Crippen molar-refractivity contribution in [3.8, 4) is 0 Å². The summed E-state index contributed by atoms with van der Waals surface area (Å²) in [6.07, 6.45) is 4.56. The van der Waals surface area contributed by atoms with Crippen molar-refractivity contribution in [3.05, 3.63) is 27.9 Å². The lowest BCUT2D eigenvalue weighted by Gasteiger charge is -2.37. The molecular weight excluding hydrogens is 274 g/mol. The number of nitrogens with zero attached hydrogens (tertiary/aromatic N) is 2. The van der Waals surface area contributed by atoms with E-state index in [0.29, 0.717) is 11.5 Å². The van der Waals surface area contributed by atoms with Gasteiger partial charge in [-0.15, -0.1) is 0 Å². The Bertz CT molecular complexity index is 740. The highest BCUT2D eigenvalue weighted by Gasteiger charge is 2.31. The van der Waals surface area contributed by atoms with E-state index in [9.17, 15) is 4.79 Å². The molecule has 0 aliphatic heterocycles. The molecule has 4 heteroatoms. The van der Waals surface area contributed by atoms with Crippen LogP contribution in [0.5, 0.6) is 0 Å². The molecule has 2 aromatic rings. The van der Waals surface area contributed by atoms with Crippen LogP contribution in [0.15, 0.2) is 10.9 Å². The standard InChI is InChI=1S/C18H27N3O/c1-11-10-15-16(19-11)20-12(2)21(17(15)22)14-8-6-13(7-9-14)18(3,4)5/h10,13-14,19H,6-9H2,1-5H3. The van der Waals surface area contributed by atoms with Gasteiger partial charge in [-0.25, -0.2) is 4.98 Å². The van der Waals surface area contributed by atoms with Crippen LogP contribution in [0.4, 0.5) is 0 Å². The van der Waals surface area contributed by atoms with Gasteiger partial charge in [0, 0.05) is 11.7 Å². The highest BCUT2D eigenvalue weighted by Crippen LogP contribution is 2.41. The number of hydrogen-bond donors (Lipinski definition) is 1. The summed E-state index contributed by atoms with van der Waals surface area (Å²) in [6, 6.07) is 2.22. The van der Waals surface area contributed by atoms with Crippen LogP contribution < -0.4 is 5.56 Å². The number of aryl methyl sites for hydroxylation is 2. The van der Waals surface area contributed by atoms with Gasteiger partial charge in [-0.05, 0) is 56.9 Å². The molecule has 1 saturated carbocycles. The molecular formula is C18H27N3O. The maximum atomic E-state index is 12.8. The molecule has 0 saturated heterocycles. The van der Waals surface area contributed by atoms with E-state index in [1.165, 1.54) is 12.8 Å². The Kier molecular flexibility index (Phi) is 3.66. The average molecular weight is 301 g/mol. The molecule has 1 N–H and O–H groups in total. The van der Waals surface area contributed by atoms with Gasteiger partial charge in [0.1, 0.15) is 11.5 Å². The van der Waals surface area contributed by atoms with Crippen molar-refractivity contribution in [1.82, 2.24) is 14.5 Å². The Morgan fingerprint density at radius 2 is 1.82 bits per heavy atom. The summed E-state index contributed by atoms with van der Waals surface area (Å²) < 4.78 is 1.94. The predicted molar refractivity (Wildman–Crippen MR) is 90.3 cm³/mol. The molecule has 2 heterocycles. The van der Waals surface area contributed by atoms with E-state index in [-0.39, 0.29) is 5.56 Å². The monoisotopic (exact) mass is 301 g/mol. The number of aromatic nitrogens is 3. The molecule has 1 fully saturated rings. The fourth-order valence-corrected chi connectivity index (χ4v) is 3.95. The number of aromatic amines is 1. The molecule has 3 rings (SSSR count). The third-order valence-electron chi connectivity index (χ3n) is 5.29. The first-order valence-electron chi connectivity index (χ1n) is 8.36. The van der Waals surface area contributed by atoms with Gasteiger partial charge in [0.25, 0.3) is 5.56 Å². The summed E-state index contributed by atoms with van der Waals surface area (Å²) in [5, 5.41) is 0.723. The summed E-state index contributed by atoms with van der Waals surface area (Å²) in [7, 11) is 0. The fourth-order valence-electron chi connectivity index (χ4n) is 3.95. The number of H-pyrrole nitrogens is 1. The van der Waals surface area contributed by atoms with Crippen molar-refractivity contribution in [3.63, 3.8) is 0 Å². The number of rotatable bonds is 1. The van der Waals surface area contributed by atoms with E-state index in [1.54, 1.807) is 0 Å². The molecule has 0 spiro atoms. The lowest BCUT2D eigenvalue weighted by Crippen LogP contribution is -2.33. The van der Waals surface area contributed by atoms with Gasteiger partial charge < -0.3 is 4.98 Å². The first-order valence-corrected chi connectivity index (χ1v) is 8.36. The molecule has 2 aromatic heterocycles. The fraction of sp³-hybridized carbons (Fsp3) is 0.667. The average Bonchev–Trinajstić information content (AvgIpc) is 2.79. The predicted octanol–water partition coefficient (Wildman–Crippen LogP) is 4.12. The van der Waals surface area contributed by atoms with Crippen LogP contribution in [0.1, 0.15) is 64.0 Å². The lowest BCUT2D eigenvalue weighted by molar-refractivity contribution is 0.150. The highest BCUT2D eigenvalue weighted by molar-refractivity contribution is 5.75. The summed E-state index contributed by atoms with van der Waals surface area (Å²) in [6.45, 7) is 10.9. The smallest absolute Gasteiger partial charge is 0.263 e. The topological polar surface area (TPSA) is 50.7 Å². The van der Waals surface area contributed by atoms with Gasteiger partial charge in [-0.2, -0.15) is 0 Å². The Morgan fingerprint density at radius 1 is 1.18 bits per heavy atom. The molecule has 0 unspecified atom stereocenters. The molecule has 4 nitrogen and oxygen atoms in total. The molecule has 0 amide bonds. The maximum Gasteiger partial charge on any atom is 0.263 e. The zero-order valence-corrected chi connectivity index (χ0v) is 14.4. The van der Waals surface area contributed by atoms with E-state index in [1.807, 2.05) is 24.5 Å². The molecule has 120 valence electrons. The van der Waals surface area contributed by atoms with Gasteiger partial charge >= 0.3 is 0 Å². The van der Waals surface area contributed by atoms with Crippen molar-refractivity contribution >= 4 is 11.0 Å². The van der Waals surface area contributed by atoms with Crippen LogP contribution >= 0.6 is 0 Å². The third kappa shape index (κ3) is 2.59. The minimum Gasteiger partial charge on any atom is -0.343 e. The van der Waals surface area contributed by atoms with Gasteiger partial charge in [0.2, 0.25) is 0 Å². The minimum atomic E-state index is 0.117. The van der Waals surface area contributed by atoms with Crippen molar-refractivity contribution < 1.29 is 0 Å². The summed E-state index contributed by atoms with van der Waals surface area (Å²) in [4.78, 5) is 20.6.